The van der Waals surface area contributed by atoms with E-state index < -0.39 is 17.8 Å². The van der Waals surface area contributed by atoms with Crippen LogP contribution >= 0.6 is 11.6 Å². The third-order valence-electron chi connectivity index (χ3n) is 3.70. The number of hydrogen-bond donors (Lipinski definition) is 2. The number of nitrogens with one attached hydrogen (secondary N) is 1. The number of carboxylic acid groups (broad SMARTS) is 1. The number of nitrogens with zero attached hydrogens (tertiary/aromatic N) is 2. The Bertz CT molecular complexity index is 584. The van der Waals surface area contributed by atoms with E-state index in [1.54, 1.807) is 12.1 Å². The molecule has 7 nitrogen and oxygen atoms in total. The van der Waals surface area contributed by atoms with Crippen molar-refractivity contribution in [2.45, 2.75) is 18.4 Å². The van der Waals surface area contributed by atoms with Gasteiger partial charge in [-0.15, -0.1) is 0 Å². The molecule has 0 radical (unpaired) electrons. The SMILES string of the molecule is O=C1Nc2nc(Cl)ccc2C2(CCN(C(=O)O)CC2)O1. The van der Waals surface area contributed by atoms with Gasteiger partial charge in [0.05, 0.1) is 0 Å². The third-order valence-corrected chi connectivity index (χ3v) is 3.91. The number of carbonyl (C=O) groups is 2. The molecule has 2 aliphatic rings. The number of likely N-dealkylation sites (tertiary alicyclic amines) is 1. The standard InChI is InChI=1S/C12H12ClN3O4/c13-8-2-1-7-9(14-8)15-10(17)20-12(7)3-5-16(6-4-12)11(18)19/h1-2H,3-6H2,(H,18,19)(H,14,15,17). The number of halogens is 1. The van der Waals surface area contributed by atoms with Gasteiger partial charge >= 0.3 is 12.2 Å². The lowest BCUT2D eigenvalue weighted by molar-refractivity contribution is -0.0340. The molecule has 1 spiro atoms. The first kappa shape index (κ1) is 13.0. The second-order valence-electron chi connectivity index (χ2n) is 4.81. The number of pyridine rings is 1. The van der Waals surface area contributed by atoms with Crippen LogP contribution in [0.2, 0.25) is 5.15 Å². The molecule has 1 aromatic heterocycles. The number of ether oxygens (including phenoxy) is 1. The average Bonchev–Trinajstić information content (AvgIpc) is 2.38. The van der Waals surface area contributed by atoms with E-state index in [-0.39, 0.29) is 5.15 Å². The highest BCUT2D eigenvalue weighted by Gasteiger charge is 2.45. The van der Waals surface area contributed by atoms with Crippen LogP contribution in [0.4, 0.5) is 15.4 Å². The summed E-state index contributed by atoms with van der Waals surface area (Å²) in [4.78, 5) is 28.0. The third kappa shape index (κ3) is 2.03. The Hall–Kier alpha value is -2.02. The number of fused-ring (bicyclic) bond motifs is 2. The van der Waals surface area contributed by atoms with Crippen molar-refractivity contribution in [1.82, 2.24) is 9.88 Å². The van der Waals surface area contributed by atoms with E-state index in [1.807, 2.05) is 0 Å². The van der Waals surface area contributed by atoms with Gasteiger partial charge in [-0.25, -0.2) is 14.6 Å². The van der Waals surface area contributed by atoms with E-state index in [1.165, 1.54) is 4.90 Å². The largest absolute Gasteiger partial charge is 0.465 e. The van der Waals surface area contributed by atoms with E-state index in [0.29, 0.717) is 31.7 Å². The molecule has 0 unspecified atom stereocenters. The zero-order valence-electron chi connectivity index (χ0n) is 10.4. The van der Waals surface area contributed by atoms with Crippen molar-refractivity contribution in [2.75, 3.05) is 18.4 Å². The van der Waals surface area contributed by atoms with Crippen molar-refractivity contribution in [3.05, 3.63) is 22.8 Å². The van der Waals surface area contributed by atoms with Gasteiger partial charge in [0.1, 0.15) is 16.6 Å². The minimum Gasteiger partial charge on any atom is -0.465 e. The number of hydrogen-bond acceptors (Lipinski definition) is 4. The molecule has 1 aromatic rings. The lowest BCUT2D eigenvalue weighted by Crippen LogP contribution is -2.49. The van der Waals surface area contributed by atoms with Crippen LogP contribution in [-0.2, 0) is 10.3 Å². The van der Waals surface area contributed by atoms with Crippen LogP contribution in [0.3, 0.4) is 0 Å². The van der Waals surface area contributed by atoms with Crippen LogP contribution in [0.15, 0.2) is 12.1 Å². The summed E-state index contributed by atoms with van der Waals surface area (Å²) >= 11 is 5.83. The zero-order valence-corrected chi connectivity index (χ0v) is 11.2. The molecule has 2 aliphatic heterocycles. The van der Waals surface area contributed by atoms with Crippen LogP contribution < -0.4 is 5.32 Å². The Kier molecular flexibility index (Phi) is 2.93. The fourth-order valence-electron chi connectivity index (χ4n) is 2.68. The van der Waals surface area contributed by atoms with Gasteiger partial charge in [-0.05, 0) is 12.1 Å². The van der Waals surface area contributed by atoms with Crippen molar-refractivity contribution in [3.63, 3.8) is 0 Å². The second-order valence-corrected chi connectivity index (χ2v) is 5.20. The average molecular weight is 298 g/mol. The van der Waals surface area contributed by atoms with Gasteiger partial charge < -0.3 is 14.7 Å². The summed E-state index contributed by atoms with van der Waals surface area (Å²) in [6.07, 6.45) is -0.739. The minimum absolute atomic E-state index is 0.282. The molecule has 2 N–H and O–H groups in total. The molecule has 3 heterocycles. The van der Waals surface area contributed by atoms with Gasteiger partial charge in [-0.2, -0.15) is 0 Å². The van der Waals surface area contributed by atoms with E-state index in [0.717, 1.165) is 5.56 Å². The van der Waals surface area contributed by atoms with Crippen LogP contribution in [-0.4, -0.2) is 40.3 Å². The smallest absolute Gasteiger partial charge is 0.413 e. The summed E-state index contributed by atoms with van der Waals surface area (Å²) in [6, 6.07) is 3.40. The van der Waals surface area contributed by atoms with E-state index in [9.17, 15) is 9.59 Å². The maximum atomic E-state index is 11.7. The lowest BCUT2D eigenvalue weighted by Gasteiger charge is -2.43. The fourth-order valence-corrected chi connectivity index (χ4v) is 2.83. The van der Waals surface area contributed by atoms with Gasteiger partial charge in [0, 0.05) is 31.5 Å². The summed E-state index contributed by atoms with van der Waals surface area (Å²) < 4.78 is 5.46. The Labute approximate surface area is 119 Å². The molecule has 0 bridgehead atoms. The first-order valence-corrected chi connectivity index (χ1v) is 6.53. The molecule has 106 valence electrons. The molecule has 0 saturated carbocycles. The first-order valence-electron chi connectivity index (χ1n) is 6.15. The molecule has 0 atom stereocenters. The lowest BCUT2D eigenvalue weighted by atomic mass is 9.83. The van der Waals surface area contributed by atoms with Crippen molar-refractivity contribution in [3.8, 4) is 0 Å². The molecule has 3 rings (SSSR count). The van der Waals surface area contributed by atoms with Crippen LogP contribution in [0.5, 0.6) is 0 Å². The topological polar surface area (TPSA) is 91.8 Å². The first-order chi connectivity index (χ1) is 9.50. The Balaban J connectivity index is 1.95. The number of rotatable bonds is 0. The summed E-state index contributed by atoms with van der Waals surface area (Å²) in [7, 11) is 0. The molecular formula is C12H12ClN3O4. The van der Waals surface area contributed by atoms with Gasteiger partial charge in [0.2, 0.25) is 0 Å². The highest BCUT2D eigenvalue weighted by Crippen LogP contribution is 2.43. The van der Waals surface area contributed by atoms with Crippen LogP contribution in [0.25, 0.3) is 0 Å². The summed E-state index contributed by atoms with van der Waals surface area (Å²) in [6.45, 7) is 0.620. The highest BCUT2D eigenvalue weighted by atomic mass is 35.5. The maximum absolute atomic E-state index is 11.7. The molecule has 8 heteroatoms. The number of aromatic nitrogens is 1. The molecule has 1 saturated heterocycles. The Morgan fingerprint density at radius 1 is 1.45 bits per heavy atom. The molecule has 1 fully saturated rings. The number of carbonyl (C=O) groups excluding carboxylic acids is 1. The monoisotopic (exact) mass is 297 g/mol. The van der Waals surface area contributed by atoms with Crippen molar-refractivity contribution >= 4 is 29.6 Å². The maximum Gasteiger partial charge on any atom is 0.413 e. The van der Waals surface area contributed by atoms with Gasteiger partial charge in [0.25, 0.3) is 0 Å². The molecule has 20 heavy (non-hydrogen) atoms. The zero-order chi connectivity index (χ0) is 14.3. The second kappa shape index (κ2) is 4.52. The highest BCUT2D eigenvalue weighted by molar-refractivity contribution is 6.29. The fraction of sp³-hybridized carbons (Fsp3) is 0.417. The quantitative estimate of drug-likeness (QED) is 0.717. The minimum atomic E-state index is -0.963. The summed E-state index contributed by atoms with van der Waals surface area (Å²) in [5.41, 5.74) is -0.0761. The number of anilines is 1. The summed E-state index contributed by atoms with van der Waals surface area (Å²) in [5.74, 6) is 0.387. The normalized spacial score (nSPS) is 20.1. The predicted octanol–water partition coefficient (Wildman–Crippen LogP) is 2.27. The number of piperidine rings is 1. The van der Waals surface area contributed by atoms with Gasteiger partial charge in [-0.3, -0.25) is 5.32 Å². The van der Waals surface area contributed by atoms with Crippen molar-refractivity contribution in [2.24, 2.45) is 0 Å². The molecular weight excluding hydrogens is 286 g/mol. The molecule has 0 aromatic carbocycles. The van der Waals surface area contributed by atoms with Crippen LogP contribution in [0.1, 0.15) is 18.4 Å². The van der Waals surface area contributed by atoms with E-state index in [2.05, 4.69) is 10.3 Å². The Morgan fingerprint density at radius 3 is 2.80 bits per heavy atom. The Morgan fingerprint density at radius 2 is 2.15 bits per heavy atom. The van der Waals surface area contributed by atoms with E-state index >= 15 is 0 Å². The van der Waals surface area contributed by atoms with E-state index in [4.69, 9.17) is 21.4 Å². The molecule has 0 aliphatic carbocycles. The van der Waals surface area contributed by atoms with Gasteiger partial charge in [0.15, 0.2) is 0 Å². The van der Waals surface area contributed by atoms with Gasteiger partial charge in [-0.1, -0.05) is 11.6 Å². The predicted molar refractivity (Wildman–Crippen MR) is 69.9 cm³/mol. The van der Waals surface area contributed by atoms with Crippen molar-refractivity contribution in [1.29, 1.82) is 0 Å². The van der Waals surface area contributed by atoms with Crippen molar-refractivity contribution < 1.29 is 19.4 Å². The molecule has 2 amide bonds. The number of amides is 2. The summed E-state index contributed by atoms with van der Waals surface area (Å²) in [5, 5.41) is 11.8. The van der Waals surface area contributed by atoms with Crippen LogP contribution in [0, 0.1) is 0 Å².